The van der Waals surface area contributed by atoms with Crippen molar-refractivity contribution >= 4 is 16.5 Å². The van der Waals surface area contributed by atoms with Gasteiger partial charge in [0, 0.05) is 24.0 Å². The van der Waals surface area contributed by atoms with Crippen molar-refractivity contribution in [1.29, 1.82) is 0 Å². The van der Waals surface area contributed by atoms with Gasteiger partial charge in [-0.25, -0.2) is 4.98 Å². The number of aromatic nitrogens is 1. The van der Waals surface area contributed by atoms with E-state index in [-0.39, 0.29) is 0 Å². The first kappa shape index (κ1) is 13.4. The molecule has 1 aliphatic heterocycles. The number of aryl methyl sites for hydroxylation is 1. The molecule has 2 aliphatic rings. The molecule has 4 heteroatoms. The second-order valence-electron chi connectivity index (χ2n) is 5.98. The van der Waals surface area contributed by atoms with E-state index in [2.05, 4.69) is 17.1 Å². The van der Waals surface area contributed by atoms with Gasteiger partial charge in [0.15, 0.2) is 5.13 Å². The molecule has 0 aromatic carbocycles. The molecule has 3 nitrogen and oxygen atoms in total. The number of anilines is 1. The lowest BCUT2D eigenvalue weighted by Gasteiger charge is -2.44. The number of nitrogens with one attached hydrogen (secondary N) is 1. The quantitative estimate of drug-likeness (QED) is 0.920. The van der Waals surface area contributed by atoms with E-state index in [0.717, 1.165) is 18.5 Å². The second-order valence-corrected chi connectivity index (χ2v) is 7.04. The van der Waals surface area contributed by atoms with Crippen LogP contribution in [0.4, 0.5) is 5.13 Å². The fourth-order valence-electron chi connectivity index (χ4n) is 3.72. The summed E-state index contributed by atoms with van der Waals surface area (Å²) in [4.78, 5) is 8.88. The summed E-state index contributed by atoms with van der Waals surface area (Å²) in [5.41, 5.74) is 1.22. The Bertz CT molecular complexity index is 427. The minimum atomic E-state index is 0.774. The first-order chi connectivity index (χ1) is 9.29. The van der Waals surface area contributed by atoms with Crippen LogP contribution in [0, 0.1) is 12.8 Å². The van der Waals surface area contributed by atoms with Gasteiger partial charge in [-0.2, -0.15) is 0 Å². The zero-order valence-corrected chi connectivity index (χ0v) is 12.9. The van der Waals surface area contributed by atoms with Crippen LogP contribution < -0.4 is 10.2 Å². The molecule has 0 spiro atoms. The van der Waals surface area contributed by atoms with Gasteiger partial charge in [-0.15, -0.1) is 11.3 Å². The SMILES string of the molecule is CNCc1sc(N2CCCC3CCCCC32)nc1C. The van der Waals surface area contributed by atoms with Gasteiger partial charge in [0.25, 0.3) is 0 Å². The van der Waals surface area contributed by atoms with E-state index in [1.54, 1.807) is 0 Å². The highest BCUT2D eigenvalue weighted by Crippen LogP contribution is 2.39. The number of hydrogen-bond acceptors (Lipinski definition) is 4. The summed E-state index contributed by atoms with van der Waals surface area (Å²) in [5.74, 6) is 0.930. The largest absolute Gasteiger partial charge is 0.345 e. The highest BCUT2D eigenvalue weighted by atomic mass is 32.1. The van der Waals surface area contributed by atoms with Crippen molar-refractivity contribution in [2.75, 3.05) is 18.5 Å². The molecule has 1 aromatic heterocycles. The molecule has 0 bridgehead atoms. The Morgan fingerprint density at radius 2 is 2.05 bits per heavy atom. The summed E-state index contributed by atoms with van der Waals surface area (Å²) in [6, 6.07) is 0.774. The molecular formula is C15H25N3S. The van der Waals surface area contributed by atoms with Gasteiger partial charge >= 0.3 is 0 Å². The predicted octanol–water partition coefficient (Wildman–Crippen LogP) is 3.33. The third-order valence-electron chi connectivity index (χ3n) is 4.71. The van der Waals surface area contributed by atoms with E-state index in [1.807, 2.05) is 18.4 Å². The topological polar surface area (TPSA) is 28.2 Å². The van der Waals surface area contributed by atoms with Crippen LogP contribution in [-0.4, -0.2) is 24.6 Å². The van der Waals surface area contributed by atoms with Crippen molar-refractivity contribution in [3.05, 3.63) is 10.6 Å². The minimum absolute atomic E-state index is 0.774. The molecule has 0 radical (unpaired) electrons. The maximum absolute atomic E-state index is 4.85. The van der Waals surface area contributed by atoms with Gasteiger partial charge in [-0.05, 0) is 45.6 Å². The van der Waals surface area contributed by atoms with Crippen LogP contribution in [0.3, 0.4) is 0 Å². The molecule has 19 heavy (non-hydrogen) atoms. The first-order valence-electron chi connectivity index (χ1n) is 7.67. The maximum Gasteiger partial charge on any atom is 0.186 e. The summed E-state index contributed by atoms with van der Waals surface area (Å²) in [7, 11) is 2.01. The second kappa shape index (κ2) is 5.80. The van der Waals surface area contributed by atoms with Gasteiger partial charge in [0.2, 0.25) is 0 Å². The Hall–Kier alpha value is -0.610. The molecule has 1 aromatic rings. The van der Waals surface area contributed by atoms with Crippen LogP contribution in [0.15, 0.2) is 0 Å². The highest BCUT2D eigenvalue weighted by Gasteiger charge is 2.34. The van der Waals surface area contributed by atoms with Crippen molar-refractivity contribution in [1.82, 2.24) is 10.3 Å². The average Bonchev–Trinajstić information content (AvgIpc) is 2.80. The number of rotatable bonds is 3. The van der Waals surface area contributed by atoms with E-state index < -0.39 is 0 Å². The fraction of sp³-hybridized carbons (Fsp3) is 0.800. The van der Waals surface area contributed by atoms with Crippen LogP contribution in [0.1, 0.15) is 49.1 Å². The van der Waals surface area contributed by atoms with Crippen molar-refractivity contribution < 1.29 is 0 Å². The van der Waals surface area contributed by atoms with Crippen LogP contribution in [0.2, 0.25) is 0 Å². The molecule has 2 unspecified atom stereocenters. The molecular weight excluding hydrogens is 254 g/mol. The molecule has 2 fully saturated rings. The Morgan fingerprint density at radius 3 is 2.89 bits per heavy atom. The van der Waals surface area contributed by atoms with Gasteiger partial charge in [0.05, 0.1) is 5.69 Å². The monoisotopic (exact) mass is 279 g/mol. The number of nitrogens with zero attached hydrogens (tertiary/aromatic N) is 2. The standard InChI is InChI=1S/C15H25N3S/c1-11-14(10-16-2)19-15(17-11)18-9-5-7-12-6-3-4-8-13(12)18/h12-13,16H,3-10H2,1-2H3. The van der Waals surface area contributed by atoms with E-state index in [9.17, 15) is 0 Å². The van der Waals surface area contributed by atoms with E-state index in [0.29, 0.717) is 0 Å². The lowest BCUT2D eigenvalue weighted by atomic mass is 9.78. The third kappa shape index (κ3) is 2.65. The summed E-state index contributed by atoms with van der Waals surface area (Å²) in [5, 5.41) is 4.53. The summed E-state index contributed by atoms with van der Waals surface area (Å²) >= 11 is 1.90. The zero-order valence-electron chi connectivity index (χ0n) is 12.1. The zero-order chi connectivity index (χ0) is 13.2. The highest BCUT2D eigenvalue weighted by molar-refractivity contribution is 7.15. The normalized spacial score (nSPS) is 27.4. The summed E-state index contributed by atoms with van der Waals surface area (Å²) < 4.78 is 0. The Morgan fingerprint density at radius 1 is 1.26 bits per heavy atom. The van der Waals surface area contributed by atoms with Crippen molar-refractivity contribution in [3.63, 3.8) is 0 Å². The van der Waals surface area contributed by atoms with Gasteiger partial charge in [-0.3, -0.25) is 0 Å². The maximum atomic E-state index is 4.85. The van der Waals surface area contributed by atoms with Gasteiger partial charge in [-0.1, -0.05) is 12.8 Å². The predicted molar refractivity (Wildman–Crippen MR) is 81.9 cm³/mol. The van der Waals surface area contributed by atoms with Crippen LogP contribution in [0.25, 0.3) is 0 Å². The van der Waals surface area contributed by atoms with Crippen LogP contribution >= 0.6 is 11.3 Å². The molecule has 1 N–H and O–H groups in total. The molecule has 2 atom stereocenters. The molecule has 1 saturated heterocycles. The molecule has 3 rings (SSSR count). The lowest BCUT2D eigenvalue weighted by molar-refractivity contribution is 0.243. The Labute approximate surface area is 120 Å². The van der Waals surface area contributed by atoms with Crippen molar-refractivity contribution in [3.8, 4) is 0 Å². The van der Waals surface area contributed by atoms with Gasteiger partial charge in [0.1, 0.15) is 0 Å². The van der Waals surface area contributed by atoms with Crippen molar-refractivity contribution in [2.24, 2.45) is 5.92 Å². The lowest BCUT2D eigenvalue weighted by Crippen LogP contribution is -2.46. The van der Waals surface area contributed by atoms with Gasteiger partial charge < -0.3 is 10.2 Å². The Kier molecular flexibility index (Phi) is 4.08. The minimum Gasteiger partial charge on any atom is -0.345 e. The number of thiazole rings is 1. The Balaban J connectivity index is 1.81. The molecule has 106 valence electrons. The molecule has 0 amide bonds. The molecule has 1 saturated carbocycles. The molecule has 1 aliphatic carbocycles. The van der Waals surface area contributed by atoms with Crippen molar-refractivity contribution in [2.45, 2.75) is 58.0 Å². The molecule has 2 heterocycles. The smallest absolute Gasteiger partial charge is 0.186 e. The van der Waals surface area contributed by atoms with E-state index >= 15 is 0 Å². The fourth-order valence-corrected chi connectivity index (χ4v) is 4.88. The summed E-state index contributed by atoms with van der Waals surface area (Å²) in [6.07, 6.45) is 8.46. The number of hydrogen-bond donors (Lipinski definition) is 1. The third-order valence-corrected chi connectivity index (χ3v) is 5.90. The van der Waals surface area contributed by atoms with E-state index in [4.69, 9.17) is 4.98 Å². The first-order valence-corrected chi connectivity index (χ1v) is 8.49. The average molecular weight is 279 g/mol. The van der Waals surface area contributed by atoms with Crippen LogP contribution in [-0.2, 0) is 6.54 Å². The van der Waals surface area contributed by atoms with Crippen LogP contribution in [0.5, 0.6) is 0 Å². The summed E-state index contributed by atoms with van der Waals surface area (Å²) in [6.45, 7) is 4.31. The number of piperidine rings is 1. The number of fused-ring (bicyclic) bond motifs is 1. The van der Waals surface area contributed by atoms with E-state index in [1.165, 1.54) is 60.8 Å².